The van der Waals surface area contributed by atoms with Crippen LogP contribution in [-0.4, -0.2) is 25.0 Å². The first kappa shape index (κ1) is 16.1. The Morgan fingerprint density at radius 2 is 1.77 bits per heavy atom. The van der Waals surface area contributed by atoms with E-state index < -0.39 is 30.4 Å². The van der Waals surface area contributed by atoms with Crippen molar-refractivity contribution in [2.45, 2.75) is 13.3 Å². The van der Waals surface area contributed by atoms with Gasteiger partial charge in [0.2, 0.25) is 0 Å². The van der Waals surface area contributed by atoms with Crippen molar-refractivity contribution >= 4 is 5.70 Å². The number of ether oxygens (including phenoxy) is 1. The van der Waals surface area contributed by atoms with Crippen LogP contribution in [-0.2, 0) is 0 Å². The van der Waals surface area contributed by atoms with E-state index in [0.29, 0.717) is 11.3 Å². The van der Waals surface area contributed by atoms with E-state index in [1.54, 1.807) is 13.0 Å². The molecule has 0 fully saturated rings. The number of hydrogen-bond donors (Lipinski definition) is 0. The minimum atomic E-state index is -2.61. The van der Waals surface area contributed by atoms with E-state index in [1.165, 1.54) is 11.0 Å². The highest BCUT2D eigenvalue weighted by Crippen LogP contribution is 2.34. The molecule has 118 valence electrons. The summed E-state index contributed by atoms with van der Waals surface area (Å²) in [7, 11) is 1.15. The third-order valence-corrected chi connectivity index (χ3v) is 3.38. The fraction of sp³-hybridized carbons (Fsp3) is 0.250. The van der Waals surface area contributed by atoms with Crippen LogP contribution in [0.15, 0.2) is 42.1 Å². The standard InChI is InChI=1S/C16H15F4NO/c1-9-4-5-14(21(10(9)2)8-15(19)20)11-6-12(17)16(22-3)13(18)7-11/h4-7,15H,2,8H2,1,3H3. The normalized spacial score (nSPS) is 15.0. The Bertz CT molecular complexity index is 641. The van der Waals surface area contributed by atoms with E-state index in [2.05, 4.69) is 11.3 Å². The minimum absolute atomic E-state index is 0.140. The van der Waals surface area contributed by atoms with Gasteiger partial charge in [-0.15, -0.1) is 0 Å². The fourth-order valence-electron chi connectivity index (χ4n) is 2.25. The first-order valence-electron chi connectivity index (χ1n) is 6.52. The van der Waals surface area contributed by atoms with Crippen molar-refractivity contribution in [3.63, 3.8) is 0 Å². The summed E-state index contributed by atoms with van der Waals surface area (Å²) in [6.07, 6.45) is 0.589. The summed E-state index contributed by atoms with van der Waals surface area (Å²) < 4.78 is 57.9. The van der Waals surface area contributed by atoms with Crippen LogP contribution in [0, 0.1) is 11.6 Å². The second-order valence-corrected chi connectivity index (χ2v) is 4.82. The monoisotopic (exact) mass is 313 g/mol. The summed E-state index contributed by atoms with van der Waals surface area (Å²) in [4.78, 5) is 1.25. The van der Waals surface area contributed by atoms with E-state index in [1.807, 2.05) is 0 Å². The van der Waals surface area contributed by atoms with Crippen LogP contribution >= 0.6 is 0 Å². The van der Waals surface area contributed by atoms with Gasteiger partial charge in [-0.1, -0.05) is 12.7 Å². The van der Waals surface area contributed by atoms with Crippen molar-refractivity contribution in [2.75, 3.05) is 13.7 Å². The SMILES string of the molecule is C=C1C(C)=CC=C(c2cc(F)c(OC)c(F)c2)N1CC(F)F. The zero-order chi connectivity index (χ0) is 16.4. The zero-order valence-corrected chi connectivity index (χ0v) is 12.2. The number of halogens is 4. The molecule has 0 spiro atoms. The van der Waals surface area contributed by atoms with Gasteiger partial charge in [-0.2, -0.15) is 0 Å². The van der Waals surface area contributed by atoms with E-state index in [4.69, 9.17) is 0 Å². The molecule has 1 aromatic carbocycles. The maximum atomic E-state index is 13.8. The molecular weight excluding hydrogens is 298 g/mol. The van der Waals surface area contributed by atoms with Gasteiger partial charge in [-0.25, -0.2) is 17.6 Å². The maximum Gasteiger partial charge on any atom is 0.256 e. The van der Waals surface area contributed by atoms with Crippen molar-refractivity contribution in [3.8, 4) is 5.75 Å². The van der Waals surface area contributed by atoms with Crippen molar-refractivity contribution in [1.82, 2.24) is 4.90 Å². The average molecular weight is 313 g/mol. The highest BCUT2D eigenvalue weighted by molar-refractivity contribution is 5.71. The molecule has 22 heavy (non-hydrogen) atoms. The average Bonchev–Trinajstić information content (AvgIpc) is 2.43. The van der Waals surface area contributed by atoms with E-state index >= 15 is 0 Å². The smallest absolute Gasteiger partial charge is 0.256 e. The van der Waals surface area contributed by atoms with E-state index in [0.717, 1.165) is 19.2 Å². The Morgan fingerprint density at radius 3 is 2.27 bits per heavy atom. The predicted molar refractivity (Wildman–Crippen MR) is 76.5 cm³/mol. The lowest BCUT2D eigenvalue weighted by molar-refractivity contribution is 0.123. The van der Waals surface area contributed by atoms with Crippen molar-refractivity contribution in [2.24, 2.45) is 0 Å². The second kappa shape index (κ2) is 6.25. The van der Waals surface area contributed by atoms with E-state index in [9.17, 15) is 17.6 Å². The van der Waals surface area contributed by atoms with Crippen LogP contribution in [0.3, 0.4) is 0 Å². The lowest BCUT2D eigenvalue weighted by atomic mass is 10.0. The highest BCUT2D eigenvalue weighted by Gasteiger charge is 2.24. The Hall–Kier alpha value is -2.24. The molecule has 6 heteroatoms. The summed E-state index contributed by atoms with van der Waals surface area (Å²) in [6.45, 7) is 4.87. The van der Waals surface area contributed by atoms with Crippen molar-refractivity contribution in [1.29, 1.82) is 0 Å². The molecule has 2 rings (SSSR count). The molecule has 0 saturated heterocycles. The number of methoxy groups -OCH3 is 1. The molecule has 0 N–H and O–H groups in total. The largest absolute Gasteiger partial charge is 0.491 e. The minimum Gasteiger partial charge on any atom is -0.491 e. The summed E-state index contributed by atoms with van der Waals surface area (Å²) in [5.41, 5.74) is 1.48. The number of rotatable bonds is 4. The van der Waals surface area contributed by atoms with Crippen LogP contribution in [0.4, 0.5) is 17.6 Å². The zero-order valence-electron chi connectivity index (χ0n) is 12.2. The van der Waals surface area contributed by atoms with Crippen LogP contribution in [0.2, 0.25) is 0 Å². The Morgan fingerprint density at radius 1 is 1.18 bits per heavy atom. The molecule has 0 saturated carbocycles. The van der Waals surface area contributed by atoms with E-state index in [-0.39, 0.29) is 11.3 Å². The molecule has 0 aliphatic carbocycles. The molecule has 1 heterocycles. The molecule has 1 aliphatic heterocycles. The van der Waals surface area contributed by atoms with Crippen LogP contribution in [0.5, 0.6) is 5.75 Å². The number of benzene rings is 1. The third kappa shape index (κ3) is 3.00. The van der Waals surface area contributed by atoms with Gasteiger partial charge in [0.15, 0.2) is 17.4 Å². The topological polar surface area (TPSA) is 12.5 Å². The first-order chi connectivity index (χ1) is 10.3. The van der Waals surface area contributed by atoms with Crippen molar-refractivity contribution in [3.05, 3.63) is 59.3 Å². The summed E-state index contributed by atoms with van der Waals surface area (Å²) in [5.74, 6) is -2.30. The molecule has 2 nitrogen and oxygen atoms in total. The van der Waals surface area contributed by atoms with Crippen LogP contribution in [0.25, 0.3) is 5.70 Å². The highest BCUT2D eigenvalue weighted by atomic mass is 19.3. The van der Waals surface area contributed by atoms with Crippen LogP contribution in [0.1, 0.15) is 12.5 Å². The summed E-state index contributed by atoms with van der Waals surface area (Å²) >= 11 is 0. The molecule has 1 aromatic rings. The van der Waals surface area contributed by atoms with Gasteiger partial charge in [0.05, 0.1) is 13.7 Å². The molecule has 0 atom stereocenters. The van der Waals surface area contributed by atoms with Gasteiger partial charge in [0.1, 0.15) is 0 Å². The van der Waals surface area contributed by atoms with Gasteiger partial charge >= 0.3 is 0 Å². The van der Waals surface area contributed by atoms with Crippen molar-refractivity contribution < 1.29 is 22.3 Å². The van der Waals surface area contributed by atoms with Gasteiger partial charge in [-0.3, -0.25) is 0 Å². The quantitative estimate of drug-likeness (QED) is 0.766. The molecule has 1 aliphatic rings. The molecular formula is C16H15F4NO. The lowest BCUT2D eigenvalue weighted by Crippen LogP contribution is -2.28. The molecule has 0 aromatic heterocycles. The van der Waals surface area contributed by atoms with Gasteiger partial charge < -0.3 is 9.64 Å². The number of allylic oxidation sites excluding steroid dienone is 3. The predicted octanol–water partition coefficient (Wildman–Crippen LogP) is 4.36. The second-order valence-electron chi connectivity index (χ2n) is 4.82. The Labute approximate surface area is 126 Å². The molecule has 0 amide bonds. The van der Waals surface area contributed by atoms with Gasteiger partial charge in [0.25, 0.3) is 6.43 Å². The first-order valence-corrected chi connectivity index (χ1v) is 6.52. The molecule has 0 radical (unpaired) electrons. The number of nitrogens with zero attached hydrogens (tertiary/aromatic N) is 1. The summed E-state index contributed by atoms with van der Waals surface area (Å²) in [6, 6.07) is 2.10. The Balaban J connectivity index is 2.51. The lowest BCUT2D eigenvalue weighted by Gasteiger charge is -2.32. The Kier molecular flexibility index (Phi) is 4.59. The summed E-state index contributed by atoms with van der Waals surface area (Å²) in [5, 5.41) is 0. The molecule has 0 unspecified atom stereocenters. The van der Waals surface area contributed by atoms with Crippen LogP contribution < -0.4 is 4.74 Å². The number of hydrogen-bond acceptors (Lipinski definition) is 2. The number of alkyl halides is 2. The third-order valence-electron chi connectivity index (χ3n) is 3.38. The maximum absolute atomic E-state index is 13.8. The fourth-order valence-corrected chi connectivity index (χ4v) is 2.25. The molecule has 0 bridgehead atoms. The van der Waals surface area contributed by atoms with Gasteiger partial charge in [-0.05, 0) is 30.7 Å². The van der Waals surface area contributed by atoms with Gasteiger partial charge in [0, 0.05) is 17.0 Å².